The van der Waals surface area contributed by atoms with Crippen LogP contribution in [0.15, 0.2) is 30.5 Å². The molecule has 1 aromatic carbocycles. The highest BCUT2D eigenvalue weighted by molar-refractivity contribution is 5.62. The third kappa shape index (κ3) is 2.79. The van der Waals surface area contributed by atoms with Gasteiger partial charge in [0, 0.05) is 0 Å². The lowest BCUT2D eigenvalue weighted by molar-refractivity contribution is 0.143. The lowest BCUT2D eigenvalue weighted by atomic mass is 10.1. The van der Waals surface area contributed by atoms with Crippen LogP contribution in [-0.4, -0.2) is 26.1 Å². The molecule has 0 aliphatic carbocycles. The summed E-state index contributed by atoms with van der Waals surface area (Å²) in [5.41, 5.74) is 2.14. The van der Waals surface area contributed by atoms with Gasteiger partial charge in [0.25, 0.3) is 5.88 Å². The molecule has 0 fully saturated rings. The van der Waals surface area contributed by atoms with E-state index in [0.717, 1.165) is 11.1 Å². The zero-order valence-corrected chi connectivity index (χ0v) is 9.70. The molecule has 0 saturated heterocycles. The van der Waals surface area contributed by atoms with Gasteiger partial charge in [-0.25, -0.2) is 4.79 Å². The Morgan fingerprint density at radius 1 is 1.39 bits per heavy atom. The van der Waals surface area contributed by atoms with Gasteiger partial charge in [0.15, 0.2) is 0 Å². The lowest BCUT2D eigenvalue weighted by Gasteiger charge is -2.01. The summed E-state index contributed by atoms with van der Waals surface area (Å²) >= 11 is 0. The molecule has 2 aromatic rings. The summed E-state index contributed by atoms with van der Waals surface area (Å²) in [6.45, 7) is 2.42. The van der Waals surface area contributed by atoms with Gasteiger partial charge in [0.05, 0.1) is 12.7 Å². The van der Waals surface area contributed by atoms with Crippen LogP contribution < -0.4 is 4.74 Å². The third-order valence-electron chi connectivity index (χ3n) is 2.37. The molecule has 0 saturated carbocycles. The molecule has 0 amide bonds. The molecule has 0 atom stereocenters. The van der Waals surface area contributed by atoms with E-state index in [-0.39, 0.29) is 5.75 Å². The Labute approximate surface area is 103 Å². The minimum atomic E-state index is -1.49. The molecule has 0 unspecified atom stereocenters. The number of hydrogen-bond donors (Lipinski definition) is 2. The van der Waals surface area contributed by atoms with Crippen LogP contribution in [0.3, 0.4) is 0 Å². The van der Waals surface area contributed by atoms with Crippen LogP contribution in [0.25, 0.3) is 0 Å². The first-order valence-electron chi connectivity index (χ1n) is 5.27. The number of aryl methyl sites for hydroxylation is 1. The Hall–Kier alpha value is -2.50. The van der Waals surface area contributed by atoms with Gasteiger partial charge in [-0.15, -0.1) is 5.10 Å². The van der Waals surface area contributed by atoms with Gasteiger partial charge in [0.1, 0.15) is 0 Å². The van der Waals surface area contributed by atoms with Gasteiger partial charge in [-0.3, -0.25) is 4.68 Å². The van der Waals surface area contributed by atoms with Crippen LogP contribution in [-0.2, 0) is 6.54 Å². The first kappa shape index (κ1) is 12.0. The third-order valence-corrected chi connectivity index (χ3v) is 2.37. The zero-order chi connectivity index (χ0) is 13.1. The SMILES string of the molecule is Cc1ccc(Cn2cc(OC(=O)O)c(O)n2)cc1. The lowest BCUT2D eigenvalue weighted by Crippen LogP contribution is -2.02. The van der Waals surface area contributed by atoms with Gasteiger partial charge in [-0.2, -0.15) is 0 Å². The van der Waals surface area contributed by atoms with Crippen LogP contribution in [0.5, 0.6) is 11.6 Å². The highest BCUT2D eigenvalue weighted by Gasteiger charge is 2.12. The predicted molar refractivity (Wildman–Crippen MR) is 62.8 cm³/mol. The Morgan fingerprint density at radius 2 is 2.06 bits per heavy atom. The van der Waals surface area contributed by atoms with Crippen molar-refractivity contribution in [2.24, 2.45) is 0 Å². The molecule has 1 heterocycles. The Bertz CT molecular complexity index is 560. The van der Waals surface area contributed by atoms with Crippen molar-refractivity contribution >= 4 is 6.16 Å². The number of rotatable bonds is 3. The molecule has 2 rings (SSSR count). The fraction of sp³-hybridized carbons (Fsp3) is 0.167. The highest BCUT2D eigenvalue weighted by Crippen LogP contribution is 2.23. The average Bonchev–Trinajstić information content (AvgIpc) is 2.62. The molecule has 1 aromatic heterocycles. The largest absolute Gasteiger partial charge is 0.511 e. The van der Waals surface area contributed by atoms with Crippen molar-refractivity contribution in [2.75, 3.05) is 0 Å². The van der Waals surface area contributed by atoms with Crippen molar-refractivity contribution in [3.8, 4) is 11.6 Å². The molecule has 0 radical (unpaired) electrons. The van der Waals surface area contributed by atoms with Crippen molar-refractivity contribution in [1.82, 2.24) is 9.78 Å². The summed E-state index contributed by atoms with van der Waals surface area (Å²) in [5, 5.41) is 21.6. The van der Waals surface area contributed by atoms with Gasteiger partial charge >= 0.3 is 6.16 Å². The van der Waals surface area contributed by atoms with Crippen LogP contribution in [0, 0.1) is 6.92 Å². The number of aromatic hydroxyl groups is 1. The van der Waals surface area contributed by atoms with Crippen molar-refractivity contribution in [1.29, 1.82) is 0 Å². The van der Waals surface area contributed by atoms with Gasteiger partial charge in [-0.05, 0) is 12.5 Å². The molecule has 6 nitrogen and oxygen atoms in total. The van der Waals surface area contributed by atoms with E-state index in [2.05, 4.69) is 9.84 Å². The first-order valence-corrected chi connectivity index (χ1v) is 5.27. The van der Waals surface area contributed by atoms with Gasteiger partial charge < -0.3 is 14.9 Å². The van der Waals surface area contributed by atoms with Crippen molar-refractivity contribution < 1.29 is 19.7 Å². The first-order chi connectivity index (χ1) is 8.54. The normalized spacial score (nSPS) is 10.3. The summed E-state index contributed by atoms with van der Waals surface area (Å²) in [6, 6.07) is 7.80. The number of ether oxygens (including phenoxy) is 1. The molecule has 0 aliphatic heterocycles. The Kier molecular flexibility index (Phi) is 3.18. The molecule has 2 N–H and O–H groups in total. The molecular formula is C12H12N2O4. The summed E-state index contributed by atoms with van der Waals surface area (Å²) in [4.78, 5) is 10.4. The fourth-order valence-corrected chi connectivity index (χ4v) is 1.52. The van der Waals surface area contributed by atoms with E-state index < -0.39 is 12.0 Å². The minimum absolute atomic E-state index is 0.172. The smallest absolute Gasteiger partial charge is 0.490 e. The van der Waals surface area contributed by atoms with Crippen LogP contribution in [0.1, 0.15) is 11.1 Å². The number of carboxylic acid groups (broad SMARTS) is 1. The average molecular weight is 248 g/mol. The molecule has 94 valence electrons. The van der Waals surface area contributed by atoms with E-state index in [1.807, 2.05) is 31.2 Å². The number of benzene rings is 1. The number of nitrogens with zero attached hydrogens (tertiary/aromatic N) is 2. The van der Waals surface area contributed by atoms with E-state index in [1.165, 1.54) is 10.9 Å². The maximum absolute atomic E-state index is 10.4. The molecule has 0 spiro atoms. The second-order valence-corrected chi connectivity index (χ2v) is 3.87. The zero-order valence-electron chi connectivity index (χ0n) is 9.70. The van der Waals surface area contributed by atoms with Gasteiger partial charge in [0.2, 0.25) is 5.75 Å². The maximum Gasteiger partial charge on any atom is 0.511 e. The Morgan fingerprint density at radius 3 is 2.67 bits per heavy atom. The topological polar surface area (TPSA) is 84.6 Å². The quantitative estimate of drug-likeness (QED) is 0.811. The Balaban J connectivity index is 2.14. The van der Waals surface area contributed by atoms with Crippen molar-refractivity contribution in [3.63, 3.8) is 0 Å². The second kappa shape index (κ2) is 4.79. The fourth-order valence-electron chi connectivity index (χ4n) is 1.52. The highest BCUT2D eigenvalue weighted by atomic mass is 16.7. The van der Waals surface area contributed by atoms with Crippen LogP contribution in [0.4, 0.5) is 4.79 Å². The van der Waals surface area contributed by atoms with E-state index in [0.29, 0.717) is 6.54 Å². The van der Waals surface area contributed by atoms with E-state index in [1.54, 1.807) is 0 Å². The molecule has 6 heteroatoms. The van der Waals surface area contributed by atoms with Crippen LogP contribution in [0.2, 0.25) is 0 Å². The van der Waals surface area contributed by atoms with E-state index in [9.17, 15) is 9.90 Å². The number of aromatic nitrogens is 2. The van der Waals surface area contributed by atoms with E-state index in [4.69, 9.17) is 5.11 Å². The summed E-state index contributed by atoms with van der Waals surface area (Å²) in [6.07, 6.45) is -0.149. The monoisotopic (exact) mass is 248 g/mol. The van der Waals surface area contributed by atoms with Crippen molar-refractivity contribution in [3.05, 3.63) is 41.6 Å². The summed E-state index contributed by atoms with van der Waals surface area (Å²) in [7, 11) is 0. The second-order valence-electron chi connectivity index (χ2n) is 3.87. The number of carbonyl (C=O) groups is 1. The molecule has 0 bridgehead atoms. The minimum Gasteiger partial charge on any atom is -0.490 e. The molecule has 0 aliphatic rings. The summed E-state index contributed by atoms with van der Waals surface area (Å²) in [5.74, 6) is -0.612. The predicted octanol–water partition coefficient (Wildman–Crippen LogP) is 2.00. The maximum atomic E-state index is 10.4. The van der Waals surface area contributed by atoms with Crippen molar-refractivity contribution in [2.45, 2.75) is 13.5 Å². The standard InChI is InChI=1S/C12H12N2O4/c1-8-2-4-9(5-3-8)6-14-7-10(11(15)13-14)18-12(16)17/h2-5,7H,6H2,1H3,(H,13,15)(H,16,17). The summed E-state index contributed by atoms with van der Waals surface area (Å²) < 4.78 is 5.78. The van der Waals surface area contributed by atoms with Gasteiger partial charge in [-0.1, -0.05) is 29.8 Å². The van der Waals surface area contributed by atoms with E-state index >= 15 is 0 Å². The number of hydrogen-bond acceptors (Lipinski definition) is 4. The molecular weight excluding hydrogens is 236 g/mol. The molecule has 18 heavy (non-hydrogen) atoms. The van der Waals surface area contributed by atoms with Crippen LogP contribution >= 0.6 is 0 Å².